The second-order valence-corrected chi connectivity index (χ2v) is 12.7. The predicted molar refractivity (Wildman–Crippen MR) is 136 cm³/mol. The van der Waals surface area contributed by atoms with Gasteiger partial charge in [-0.05, 0) is 79.8 Å². The molecule has 0 spiro atoms. The molecule has 0 unspecified atom stereocenters. The van der Waals surface area contributed by atoms with Crippen molar-refractivity contribution < 1.29 is 13.2 Å². The zero-order valence-corrected chi connectivity index (χ0v) is 21.5. The lowest BCUT2D eigenvalue weighted by molar-refractivity contribution is 0.0967. The van der Waals surface area contributed by atoms with Crippen LogP contribution >= 0.6 is 23.2 Å². The lowest BCUT2D eigenvalue weighted by Gasteiger charge is -2.32. The number of hydrogen-bond acceptors (Lipinski definition) is 6. The summed E-state index contributed by atoms with van der Waals surface area (Å²) in [5.74, 6) is 1.50. The summed E-state index contributed by atoms with van der Waals surface area (Å²) in [5.41, 5.74) is 3.16. The van der Waals surface area contributed by atoms with Gasteiger partial charge in [-0.3, -0.25) is 14.0 Å². The van der Waals surface area contributed by atoms with Crippen LogP contribution in [0.4, 0.5) is 5.95 Å². The first-order chi connectivity index (χ1) is 16.8. The third-order valence-electron chi connectivity index (χ3n) is 6.95. The number of hydrogen-bond donors (Lipinski definition) is 1. The Balaban J connectivity index is 1.15. The fourth-order valence-corrected chi connectivity index (χ4v) is 6.59. The molecule has 3 fully saturated rings. The van der Waals surface area contributed by atoms with Gasteiger partial charge in [0, 0.05) is 35.9 Å². The average molecular weight is 536 g/mol. The van der Waals surface area contributed by atoms with Gasteiger partial charge < -0.3 is 4.74 Å². The van der Waals surface area contributed by atoms with E-state index in [4.69, 9.17) is 27.9 Å². The molecule has 3 aliphatic rings. The number of pyridine rings is 1. The van der Waals surface area contributed by atoms with Crippen LogP contribution in [0.2, 0.25) is 10.0 Å². The van der Waals surface area contributed by atoms with E-state index in [0.29, 0.717) is 40.2 Å². The Kier molecular flexibility index (Phi) is 6.07. The van der Waals surface area contributed by atoms with Crippen molar-refractivity contribution in [3.05, 3.63) is 51.6 Å². The predicted octanol–water partition coefficient (Wildman–Crippen LogP) is 4.86. The van der Waals surface area contributed by atoms with Gasteiger partial charge in [0.25, 0.3) is 0 Å². The molecule has 11 heteroatoms. The number of sulfonamides is 1. The molecule has 3 heterocycles. The highest BCUT2D eigenvalue weighted by atomic mass is 35.5. The van der Waals surface area contributed by atoms with Gasteiger partial charge in [-0.2, -0.15) is 0 Å². The molecule has 1 aliphatic heterocycles. The molecule has 186 valence electrons. The van der Waals surface area contributed by atoms with Crippen LogP contribution in [-0.2, 0) is 16.6 Å². The SMILES string of the molecule is O=S(=O)(Nc1nnc2cc(CN3CCC(Oc4cc(Cl)cc(Cl)c4)CC3)c(C3CC3)cn12)C1CC1. The van der Waals surface area contributed by atoms with Crippen LogP contribution in [0, 0.1) is 0 Å². The van der Waals surface area contributed by atoms with Crippen LogP contribution in [0.25, 0.3) is 5.65 Å². The molecular weight excluding hydrogens is 509 g/mol. The first-order valence-electron chi connectivity index (χ1n) is 12.1. The number of aromatic nitrogens is 3. The van der Waals surface area contributed by atoms with Crippen molar-refractivity contribution in [1.29, 1.82) is 0 Å². The first kappa shape index (κ1) is 23.3. The highest BCUT2D eigenvalue weighted by molar-refractivity contribution is 7.93. The maximum atomic E-state index is 12.4. The normalized spacial score (nSPS) is 19.8. The van der Waals surface area contributed by atoms with E-state index in [9.17, 15) is 8.42 Å². The Labute approximate surface area is 214 Å². The summed E-state index contributed by atoms with van der Waals surface area (Å²) >= 11 is 12.2. The molecule has 8 nitrogen and oxygen atoms in total. The van der Waals surface area contributed by atoms with Crippen molar-refractivity contribution in [3.8, 4) is 5.75 Å². The molecule has 0 amide bonds. The highest BCUT2D eigenvalue weighted by Crippen LogP contribution is 2.42. The van der Waals surface area contributed by atoms with E-state index < -0.39 is 10.0 Å². The van der Waals surface area contributed by atoms with Crippen molar-refractivity contribution in [1.82, 2.24) is 19.5 Å². The van der Waals surface area contributed by atoms with Crippen molar-refractivity contribution in [3.63, 3.8) is 0 Å². The van der Waals surface area contributed by atoms with Crippen LogP contribution in [-0.4, -0.2) is 52.4 Å². The number of benzene rings is 1. The smallest absolute Gasteiger partial charge is 0.242 e. The first-order valence-corrected chi connectivity index (χ1v) is 14.4. The van der Waals surface area contributed by atoms with Gasteiger partial charge in [0.1, 0.15) is 11.9 Å². The Morgan fingerprint density at radius 2 is 1.69 bits per heavy atom. The molecule has 2 aromatic heterocycles. The zero-order valence-electron chi connectivity index (χ0n) is 19.2. The van der Waals surface area contributed by atoms with Crippen LogP contribution in [0.3, 0.4) is 0 Å². The lowest BCUT2D eigenvalue weighted by atomic mass is 10.0. The maximum Gasteiger partial charge on any atom is 0.242 e. The van der Waals surface area contributed by atoms with Crippen molar-refractivity contribution in [2.45, 2.75) is 62.3 Å². The van der Waals surface area contributed by atoms with Gasteiger partial charge in [-0.25, -0.2) is 8.42 Å². The minimum atomic E-state index is -3.39. The van der Waals surface area contributed by atoms with Crippen molar-refractivity contribution in [2.75, 3.05) is 17.8 Å². The molecule has 35 heavy (non-hydrogen) atoms. The summed E-state index contributed by atoms with van der Waals surface area (Å²) in [6.07, 6.45) is 7.72. The number of anilines is 1. The lowest BCUT2D eigenvalue weighted by Crippen LogP contribution is -2.38. The molecule has 0 atom stereocenters. The van der Waals surface area contributed by atoms with Gasteiger partial charge in [0.05, 0.1) is 5.25 Å². The number of halogens is 2. The Morgan fingerprint density at radius 1 is 0.971 bits per heavy atom. The van der Waals surface area contributed by atoms with E-state index in [-0.39, 0.29) is 17.3 Å². The van der Waals surface area contributed by atoms with Gasteiger partial charge in [-0.15, -0.1) is 10.2 Å². The third kappa shape index (κ3) is 5.23. The van der Waals surface area contributed by atoms with E-state index in [1.54, 1.807) is 22.6 Å². The summed E-state index contributed by atoms with van der Waals surface area (Å²) in [6.45, 7) is 2.68. The van der Waals surface area contributed by atoms with Gasteiger partial charge in [0.15, 0.2) is 5.65 Å². The third-order valence-corrected chi connectivity index (χ3v) is 9.20. The minimum absolute atomic E-state index is 0.129. The Bertz CT molecular complexity index is 1340. The van der Waals surface area contributed by atoms with Gasteiger partial charge in [-0.1, -0.05) is 23.2 Å². The van der Waals surface area contributed by atoms with E-state index in [1.807, 2.05) is 6.20 Å². The summed E-state index contributed by atoms with van der Waals surface area (Å²) in [7, 11) is -3.39. The number of nitrogens with zero attached hydrogens (tertiary/aromatic N) is 4. The highest BCUT2D eigenvalue weighted by Gasteiger charge is 2.37. The molecule has 2 saturated carbocycles. The van der Waals surface area contributed by atoms with E-state index in [1.165, 1.54) is 11.1 Å². The van der Waals surface area contributed by atoms with E-state index in [0.717, 1.165) is 45.3 Å². The monoisotopic (exact) mass is 535 g/mol. The van der Waals surface area contributed by atoms with Crippen molar-refractivity contribution >= 4 is 44.8 Å². The summed E-state index contributed by atoms with van der Waals surface area (Å²) in [4.78, 5) is 2.44. The van der Waals surface area contributed by atoms with Crippen LogP contribution in [0.5, 0.6) is 5.75 Å². The number of likely N-dealkylation sites (tertiary alicyclic amines) is 1. The Hall–Kier alpha value is -2.07. The van der Waals surface area contributed by atoms with Crippen LogP contribution < -0.4 is 9.46 Å². The molecule has 6 rings (SSSR count). The molecule has 1 saturated heterocycles. The summed E-state index contributed by atoms with van der Waals surface area (Å²) < 4.78 is 35.4. The minimum Gasteiger partial charge on any atom is -0.490 e. The second-order valence-electron chi connectivity index (χ2n) is 9.83. The largest absolute Gasteiger partial charge is 0.490 e. The van der Waals surface area contributed by atoms with E-state index >= 15 is 0 Å². The second kappa shape index (κ2) is 9.10. The zero-order chi connectivity index (χ0) is 24.2. The van der Waals surface area contributed by atoms with Gasteiger partial charge >= 0.3 is 0 Å². The summed E-state index contributed by atoms with van der Waals surface area (Å²) in [5, 5.41) is 9.23. The topological polar surface area (TPSA) is 88.8 Å². The van der Waals surface area contributed by atoms with Crippen LogP contribution in [0.15, 0.2) is 30.5 Å². The molecule has 1 N–H and O–H groups in total. The average Bonchev–Trinajstić information content (AvgIpc) is 3.72. The standard InChI is InChI=1S/C24H27Cl2N5O3S/c25-17-10-18(26)12-20(11-17)34-19-5-7-30(8-6-19)13-16-9-23-27-28-24(29-35(32,33)21-3-4-21)31(23)14-22(16)15-1-2-15/h9-12,14-15,19,21H,1-8,13H2,(H,28,29). The number of fused-ring (bicyclic) bond motifs is 1. The molecular formula is C24H27Cl2N5O3S. The molecule has 0 radical (unpaired) electrons. The number of piperidine rings is 1. The molecule has 3 aromatic rings. The maximum absolute atomic E-state index is 12.4. The Morgan fingerprint density at radius 3 is 2.34 bits per heavy atom. The molecule has 2 aliphatic carbocycles. The molecule has 1 aromatic carbocycles. The van der Waals surface area contributed by atoms with Crippen molar-refractivity contribution in [2.24, 2.45) is 0 Å². The fraction of sp³-hybridized carbons (Fsp3) is 0.500. The quantitative estimate of drug-likeness (QED) is 0.443. The fourth-order valence-electron chi connectivity index (χ4n) is 4.76. The van der Waals surface area contributed by atoms with Gasteiger partial charge in [0.2, 0.25) is 16.0 Å². The number of rotatable bonds is 8. The summed E-state index contributed by atoms with van der Waals surface area (Å²) in [6, 6.07) is 7.36. The number of ether oxygens (including phenoxy) is 1. The van der Waals surface area contributed by atoms with Crippen LogP contribution in [0.1, 0.15) is 55.6 Å². The number of nitrogens with one attached hydrogen (secondary N) is 1. The van der Waals surface area contributed by atoms with E-state index in [2.05, 4.69) is 25.9 Å². The molecule has 0 bridgehead atoms.